The first-order chi connectivity index (χ1) is 9.06. The molecule has 2 nitrogen and oxygen atoms in total. The Labute approximate surface area is 116 Å². The van der Waals surface area contributed by atoms with Gasteiger partial charge in [-0.25, -0.2) is 0 Å². The van der Waals surface area contributed by atoms with Crippen molar-refractivity contribution in [2.75, 3.05) is 0 Å². The number of carbonyl (C=O) groups is 1. The number of nitrogens with one attached hydrogen (secondary N) is 1. The van der Waals surface area contributed by atoms with Crippen LogP contribution in [0.2, 0.25) is 0 Å². The van der Waals surface area contributed by atoms with E-state index in [1.54, 1.807) is 0 Å². The Morgan fingerprint density at radius 3 is 2.53 bits per heavy atom. The second kappa shape index (κ2) is 6.33. The first-order valence-electron chi connectivity index (χ1n) is 7.45. The van der Waals surface area contributed by atoms with Crippen LogP contribution >= 0.6 is 0 Å². The lowest BCUT2D eigenvalue weighted by atomic mass is 9.93. The zero-order valence-corrected chi connectivity index (χ0v) is 12.3. The number of hydrogen-bond donors (Lipinski definition) is 1. The average molecular weight is 259 g/mol. The minimum Gasteiger partial charge on any atom is -0.311 e. The molecule has 1 heterocycles. The molecule has 104 valence electrons. The number of ketones is 1. The van der Waals surface area contributed by atoms with Gasteiger partial charge in [0.2, 0.25) is 0 Å². The first kappa shape index (κ1) is 14.3. The largest absolute Gasteiger partial charge is 0.311 e. The number of carbonyl (C=O) groups excluding carboxylic acids is 1. The highest BCUT2D eigenvalue weighted by molar-refractivity contribution is 5.96. The van der Waals surface area contributed by atoms with Crippen molar-refractivity contribution >= 4 is 5.78 Å². The molecule has 0 radical (unpaired) electrons. The van der Waals surface area contributed by atoms with Crippen LogP contribution in [0.1, 0.15) is 68.3 Å². The molecule has 2 atom stereocenters. The summed E-state index contributed by atoms with van der Waals surface area (Å²) in [5.74, 6) is 0.784. The Balaban J connectivity index is 1.95. The second-order valence-electron chi connectivity index (χ2n) is 6.10. The summed E-state index contributed by atoms with van der Waals surface area (Å²) in [7, 11) is 0. The van der Waals surface area contributed by atoms with Gasteiger partial charge in [0.1, 0.15) is 0 Å². The van der Waals surface area contributed by atoms with Gasteiger partial charge in [-0.2, -0.15) is 0 Å². The van der Waals surface area contributed by atoms with Crippen molar-refractivity contribution < 1.29 is 4.79 Å². The normalized spacial score (nSPS) is 23.6. The van der Waals surface area contributed by atoms with Crippen LogP contribution in [-0.4, -0.2) is 17.9 Å². The van der Waals surface area contributed by atoms with Crippen LogP contribution in [-0.2, 0) is 0 Å². The standard InChI is InChI=1S/C17H25NO/c1-12(2)14-7-9-15(10-8-14)17(19)11-16-6-4-5-13(3)18-16/h7-10,12-13,16,18H,4-6,11H2,1-3H3. The van der Waals surface area contributed by atoms with Gasteiger partial charge in [-0.05, 0) is 31.2 Å². The SMILES string of the molecule is CC1CCCC(CC(=O)c2ccc(C(C)C)cc2)N1. The van der Waals surface area contributed by atoms with Crippen LogP contribution in [0.4, 0.5) is 0 Å². The predicted octanol–water partition coefficient (Wildman–Crippen LogP) is 3.91. The molecule has 0 amide bonds. The Morgan fingerprint density at radius 2 is 1.95 bits per heavy atom. The lowest BCUT2D eigenvalue weighted by molar-refractivity contribution is 0.0960. The summed E-state index contributed by atoms with van der Waals surface area (Å²) < 4.78 is 0. The van der Waals surface area contributed by atoms with E-state index in [4.69, 9.17) is 0 Å². The second-order valence-corrected chi connectivity index (χ2v) is 6.10. The molecule has 1 saturated heterocycles. The van der Waals surface area contributed by atoms with Gasteiger partial charge >= 0.3 is 0 Å². The molecule has 0 aliphatic carbocycles. The molecule has 0 bridgehead atoms. The van der Waals surface area contributed by atoms with Crippen molar-refractivity contribution in [3.63, 3.8) is 0 Å². The molecule has 1 aliphatic heterocycles. The van der Waals surface area contributed by atoms with E-state index in [0.717, 1.165) is 12.0 Å². The molecule has 0 aromatic heterocycles. The third-order valence-corrected chi connectivity index (χ3v) is 4.04. The molecule has 1 aromatic rings. The van der Waals surface area contributed by atoms with Crippen molar-refractivity contribution in [1.82, 2.24) is 5.32 Å². The van der Waals surface area contributed by atoms with E-state index < -0.39 is 0 Å². The highest BCUT2D eigenvalue weighted by atomic mass is 16.1. The maximum absolute atomic E-state index is 12.3. The van der Waals surface area contributed by atoms with Crippen LogP contribution in [0.5, 0.6) is 0 Å². The van der Waals surface area contributed by atoms with Crippen LogP contribution in [0.15, 0.2) is 24.3 Å². The van der Waals surface area contributed by atoms with Crippen molar-refractivity contribution in [3.05, 3.63) is 35.4 Å². The lowest BCUT2D eigenvalue weighted by Gasteiger charge is -2.28. The Hall–Kier alpha value is -1.15. The van der Waals surface area contributed by atoms with Gasteiger partial charge in [-0.15, -0.1) is 0 Å². The van der Waals surface area contributed by atoms with E-state index in [0.29, 0.717) is 24.4 Å². The average Bonchev–Trinajstić information content (AvgIpc) is 2.39. The van der Waals surface area contributed by atoms with Crippen molar-refractivity contribution in [2.45, 2.75) is 64.5 Å². The van der Waals surface area contributed by atoms with Crippen molar-refractivity contribution in [2.24, 2.45) is 0 Å². The molecule has 0 spiro atoms. The van der Waals surface area contributed by atoms with Crippen molar-refractivity contribution in [1.29, 1.82) is 0 Å². The third kappa shape index (κ3) is 3.90. The zero-order valence-electron chi connectivity index (χ0n) is 12.3. The maximum atomic E-state index is 12.3. The maximum Gasteiger partial charge on any atom is 0.164 e. The molecule has 1 aromatic carbocycles. The van der Waals surface area contributed by atoms with E-state index in [9.17, 15) is 4.79 Å². The number of rotatable bonds is 4. The summed E-state index contributed by atoms with van der Waals surface area (Å²) in [4.78, 5) is 12.3. The number of piperidine rings is 1. The van der Waals surface area contributed by atoms with Crippen LogP contribution in [0.3, 0.4) is 0 Å². The van der Waals surface area contributed by atoms with Crippen LogP contribution in [0.25, 0.3) is 0 Å². The molecule has 2 heteroatoms. The Kier molecular flexibility index (Phi) is 4.76. The highest BCUT2D eigenvalue weighted by Crippen LogP contribution is 2.19. The van der Waals surface area contributed by atoms with Crippen molar-refractivity contribution in [3.8, 4) is 0 Å². The summed E-state index contributed by atoms with van der Waals surface area (Å²) in [6.45, 7) is 6.54. The molecule has 2 unspecified atom stereocenters. The summed E-state index contributed by atoms with van der Waals surface area (Å²) in [5.41, 5.74) is 2.14. The fourth-order valence-corrected chi connectivity index (χ4v) is 2.80. The van der Waals surface area contributed by atoms with Gasteiger partial charge in [0, 0.05) is 24.1 Å². The predicted molar refractivity (Wildman–Crippen MR) is 79.7 cm³/mol. The quantitative estimate of drug-likeness (QED) is 0.831. The molecular formula is C17H25NO. The molecule has 0 saturated carbocycles. The fraction of sp³-hybridized carbons (Fsp3) is 0.588. The van der Waals surface area contributed by atoms with E-state index >= 15 is 0 Å². The molecule has 1 aliphatic rings. The number of hydrogen-bond acceptors (Lipinski definition) is 2. The fourth-order valence-electron chi connectivity index (χ4n) is 2.80. The highest BCUT2D eigenvalue weighted by Gasteiger charge is 2.20. The molecule has 1 N–H and O–H groups in total. The summed E-state index contributed by atoms with van der Waals surface area (Å²) in [6.07, 6.45) is 4.22. The van der Waals surface area contributed by atoms with E-state index in [1.165, 1.54) is 18.4 Å². The molecule has 19 heavy (non-hydrogen) atoms. The van der Waals surface area contributed by atoms with E-state index in [-0.39, 0.29) is 5.78 Å². The van der Waals surface area contributed by atoms with Gasteiger partial charge in [0.25, 0.3) is 0 Å². The third-order valence-electron chi connectivity index (χ3n) is 4.04. The van der Waals surface area contributed by atoms with Gasteiger partial charge in [0.05, 0.1) is 0 Å². The summed E-state index contributed by atoms with van der Waals surface area (Å²) in [6, 6.07) is 9.02. The Bertz CT molecular complexity index is 421. The van der Waals surface area contributed by atoms with E-state index in [2.05, 4.69) is 38.2 Å². The first-order valence-corrected chi connectivity index (χ1v) is 7.45. The van der Waals surface area contributed by atoms with Crippen LogP contribution < -0.4 is 5.32 Å². The van der Waals surface area contributed by atoms with Gasteiger partial charge in [0.15, 0.2) is 5.78 Å². The van der Waals surface area contributed by atoms with Gasteiger partial charge in [-0.1, -0.05) is 44.5 Å². The number of benzene rings is 1. The number of Topliss-reactive ketones (excluding diaryl/α,β-unsaturated/α-hetero) is 1. The molecule has 2 rings (SSSR count). The minimum atomic E-state index is 0.266. The van der Waals surface area contributed by atoms with Gasteiger partial charge in [-0.3, -0.25) is 4.79 Å². The van der Waals surface area contributed by atoms with Crippen LogP contribution in [0, 0.1) is 0 Å². The molecule has 1 fully saturated rings. The topological polar surface area (TPSA) is 29.1 Å². The summed E-state index contributed by atoms with van der Waals surface area (Å²) in [5, 5.41) is 3.53. The zero-order chi connectivity index (χ0) is 13.8. The monoisotopic (exact) mass is 259 g/mol. The summed E-state index contributed by atoms with van der Waals surface area (Å²) >= 11 is 0. The van der Waals surface area contributed by atoms with Gasteiger partial charge < -0.3 is 5.32 Å². The van der Waals surface area contributed by atoms with E-state index in [1.807, 2.05) is 12.1 Å². The Morgan fingerprint density at radius 1 is 1.26 bits per heavy atom. The minimum absolute atomic E-state index is 0.266. The lowest BCUT2D eigenvalue weighted by Crippen LogP contribution is -2.41. The smallest absolute Gasteiger partial charge is 0.164 e. The molecular weight excluding hydrogens is 234 g/mol.